The molecule has 0 spiro atoms. The first kappa shape index (κ1) is 15.4. The number of carbonyl (C=O) groups excluding carboxylic acids is 1. The van der Waals surface area contributed by atoms with Gasteiger partial charge in [-0.1, -0.05) is 24.2 Å². The minimum absolute atomic E-state index is 0.134. The second-order valence-electron chi connectivity index (χ2n) is 5.75. The van der Waals surface area contributed by atoms with Crippen molar-refractivity contribution < 1.29 is 14.1 Å². The van der Waals surface area contributed by atoms with Crippen molar-refractivity contribution in [2.75, 3.05) is 6.61 Å². The Morgan fingerprint density at radius 2 is 2.22 bits per heavy atom. The van der Waals surface area contributed by atoms with Gasteiger partial charge in [-0.25, -0.2) is 4.79 Å². The molecule has 0 bridgehead atoms. The van der Waals surface area contributed by atoms with Crippen LogP contribution in [-0.2, 0) is 13.0 Å². The van der Waals surface area contributed by atoms with Crippen LogP contribution in [0.5, 0.6) is 5.75 Å². The molecule has 0 saturated heterocycles. The molecule has 1 aliphatic heterocycles. The van der Waals surface area contributed by atoms with Gasteiger partial charge in [0, 0.05) is 11.6 Å². The number of benzene rings is 1. The summed E-state index contributed by atoms with van der Waals surface area (Å²) in [5.74, 6) is 1.53. The molecular formula is C17H21N3O3. The van der Waals surface area contributed by atoms with E-state index in [1.54, 1.807) is 0 Å². The van der Waals surface area contributed by atoms with E-state index in [0.29, 0.717) is 18.9 Å². The zero-order valence-corrected chi connectivity index (χ0v) is 13.6. The highest BCUT2D eigenvalue weighted by molar-refractivity contribution is 5.74. The fourth-order valence-corrected chi connectivity index (χ4v) is 2.64. The zero-order valence-electron chi connectivity index (χ0n) is 13.6. The average Bonchev–Trinajstić information content (AvgIpc) is 3.16. The Labute approximate surface area is 135 Å². The predicted octanol–water partition coefficient (Wildman–Crippen LogP) is 2.79. The van der Waals surface area contributed by atoms with Crippen molar-refractivity contribution >= 4 is 6.03 Å². The Hall–Kier alpha value is -2.50. The molecule has 122 valence electrons. The van der Waals surface area contributed by atoms with E-state index in [1.165, 1.54) is 5.56 Å². The van der Waals surface area contributed by atoms with Crippen LogP contribution in [0.15, 0.2) is 22.7 Å². The highest BCUT2D eigenvalue weighted by Gasteiger charge is 2.27. The van der Waals surface area contributed by atoms with Crippen LogP contribution in [-0.4, -0.2) is 17.8 Å². The summed E-state index contributed by atoms with van der Waals surface area (Å²) in [5.41, 5.74) is 4.22. The van der Waals surface area contributed by atoms with Crippen LogP contribution in [0.4, 0.5) is 4.79 Å². The Bertz CT molecular complexity index is 724. The van der Waals surface area contributed by atoms with E-state index < -0.39 is 0 Å². The number of amides is 2. The van der Waals surface area contributed by atoms with Crippen LogP contribution in [0.1, 0.15) is 41.1 Å². The van der Waals surface area contributed by atoms with Gasteiger partial charge < -0.3 is 19.9 Å². The molecular weight excluding hydrogens is 294 g/mol. The Morgan fingerprint density at radius 1 is 1.39 bits per heavy atom. The average molecular weight is 315 g/mol. The first-order valence-corrected chi connectivity index (χ1v) is 7.80. The van der Waals surface area contributed by atoms with E-state index >= 15 is 0 Å². The minimum atomic E-state index is -0.251. The van der Waals surface area contributed by atoms with Crippen LogP contribution in [0.3, 0.4) is 0 Å². The molecule has 1 aromatic carbocycles. The number of hydrogen-bond acceptors (Lipinski definition) is 4. The van der Waals surface area contributed by atoms with Crippen LogP contribution in [0, 0.1) is 13.8 Å². The van der Waals surface area contributed by atoms with Gasteiger partial charge in [0.1, 0.15) is 12.4 Å². The molecule has 2 amide bonds. The molecule has 2 aromatic rings. The summed E-state index contributed by atoms with van der Waals surface area (Å²) >= 11 is 0. The van der Waals surface area contributed by atoms with Gasteiger partial charge in [0.15, 0.2) is 5.76 Å². The summed E-state index contributed by atoms with van der Waals surface area (Å²) < 4.78 is 10.9. The molecule has 3 rings (SSSR count). The molecule has 0 saturated carbocycles. The maximum absolute atomic E-state index is 12.1. The lowest BCUT2D eigenvalue weighted by Crippen LogP contribution is -2.38. The normalized spacial score (nSPS) is 15.9. The van der Waals surface area contributed by atoms with Crippen molar-refractivity contribution in [1.29, 1.82) is 0 Å². The number of nitrogens with one attached hydrogen (secondary N) is 2. The first-order chi connectivity index (χ1) is 11.1. The van der Waals surface area contributed by atoms with Gasteiger partial charge in [-0.2, -0.15) is 0 Å². The van der Waals surface area contributed by atoms with E-state index in [1.807, 2.05) is 32.9 Å². The van der Waals surface area contributed by atoms with Gasteiger partial charge in [0.2, 0.25) is 0 Å². The van der Waals surface area contributed by atoms with E-state index in [2.05, 4.69) is 21.9 Å². The van der Waals surface area contributed by atoms with Gasteiger partial charge in [0.05, 0.1) is 18.3 Å². The zero-order chi connectivity index (χ0) is 16.4. The van der Waals surface area contributed by atoms with Gasteiger partial charge in [-0.15, -0.1) is 0 Å². The predicted molar refractivity (Wildman–Crippen MR) is 85.4 cm³/mol. The van der Waals surface area contributed by atoms with E-state index in [9.17, 15) is 4.79 Å². The number of fused-ring (bicyclic) bond motifs is 1. The number of nitrogens with zero attached hydrogens (tertiary/aromatic N) is 1. The number of urea groups is 1. The van der Waals surface area contributed by atoms with E-state index in [4.69, 9.17) is 9.26 Å². The number of hydrogen-bond donors (Lipinski definition) is 2. The highest BCUT2D eigenvalue weighted by Crippen LogP contribution is 2.36. The Morgan fingerprint density at radius 3 is 2.96 bits per heavy atom. The molecule has 0 radical (unpaired) electrons. The lowest BCUT2D eigenvalue weighted by Gasteiger charge is -2.12. The SMILES string of the molecule is CCc1cc(CNC(=O)NC2COc3c2ccc(C)c3C)on1. The van der Waals surface area contributed by atoms with E-state index in [-0.39, 0.29) is 12.1 Å². The molecule has 1 atom stereocenters. The molecule has 2 heterocycles. The second-order valence-corrected chi connectivity index (χ2v) is 5.75. The fraction of sp³-hybridized carbons (Fsp3) is 0.412. The van der Waals surface area contributed by atoms with Crippen molar-refractivity contribution in [1.82, 2.24) is 15.8 Å². The second kappa shape index (κ2) is 6.32. The lowest BCUT2D eigenvalue weighted by molar-refractivity contribution is 0.230. The third kappa shape index (κ3) is 3.16. The largest absolute Gasteiger partial charge is 0.490 e. The quantitative estimate of drug-likeness (QED) is 0.909. The first-order valence-electron chi connectivity index (χ1n) is 7.80. The molecule has 2 N–H and O–H groups in total. The van der Waals surface area contributed by atoms with Gasteiger partial charge in [0.25, 0.3) is 0 Å². The van der Waals surface area contributed by atoms with Crippen LogP contribution >= 0.6 is 0 Å². The minimum Gasteiger partial charge on any atom is -0.490 e. The molecule has 1 aromatic heterocycles. The summed E-state index contributed by atoms with van der Waals surface area (Å²) in [6.07, 6.45) is 0.810. The Kier molecular flexibility index (Phi) is 4.23. The number of aryl methyl sites for hydroxylation is 2. The molecule has 1 aliphatic rings. The number of ether oxygens (including phenoxy) is 1. The van der Waals surface area contributed by atoms with Crippen LogP contribution in [0.2, 0.25) is 0 Å². The fourth-order valence-electron chi connectivity index (χ4n) is 2.64. The van der Waals surface area contributed by atoms with Crippen LogP contribution in [0.25, 0.3) is 0 Å². The van der Waals surface area contributed by atoms with Crippen molar-refractivity contribution in [3.05, 3.63) is 46.3 Å². The molecule has 6 nitrogen and oxygen atoms in total. The topological polar surface area (TPSA) is 76.4 Å². The van der Waals surface area contributed by atoms with Crippen molar-refractivity contribution in [2.45, 2.75) is 39.8 Å². The van der Waals surface area contributed by atoms with Crippen molar-refractivity contribution in [3.63, 3.8) is 0 Å². The maximum atomic E-state index is 12.1. The summed E-state index contributed by atoms with van der Waals surface area (Å²) in [6, 6.07) is 5.53. The van der Waals surface area contributed by atoms with Crippen LogP contribution < -0.4 is 15.4 Å². The Balaban J connectivity index is 1.58. The molecule has 23 heavy (non-hydrogen) atoms. The maximum Gasteiger partial charge on any atom is 0.315 e. The summed E-state index contributed by atoms with van der Waals surface area (Å²) in [7, 11) is 0. The molecule has 6 heteroatoms. The molecule has 0 aliphatic carbocycles. The monoisotopic (exact) mass is 315 g/mol. The third-order valence-electron chi connectivity index (χ3n) is 4.18. The summed E-state index contributed by atoms with van der Waals surface area (Å²) in [4.78, 5) is 12.1. The number of rotatable bonds is 4. The highest BCUT2D eigenvalue weighted by atomic mass is 16.5. The number of aromatic nitrogens is 1. The van der Waals surface area contributed by atoms with Crippen molar-refractivity contribution in [3.8, 4) is 5.75 Å². The van der Waals surface area contributed by atoms with Gasteiger partial charge >= 0.3 is 6.03 Å². The lowest BCUT2D eigenvalue weighted by atomic mass is 10.0. The van der Waals surface area contributed by atoms with Gasteiger partial charge in [-0.3, -0.25) is 0 Å². The molecule has 1 unspecified atom stereocenters. The molecule has 0 fully saturated rings. The third-order valence-corrected chi connectivity index (χ3v) is 4.18. The standard InChI is InChI=1S/C17H21N3O3/c1-4-12-7-13(23-20-12)8-18-17(21)19-15-9-22-16-11(3)10(2)5-6-14(15)16/h5-7,15H,4,8-9H2,1-3H3,(H2,18,19,21). The summed E-state index contributed by atoms with van der Waals surface area (Å²) in [5, 5.41) is 9.61. The van der Waals surface area contributed by atoms with Crippen molar-refractivity contribution in [2.24, 2.45) is 0 Å². The van der Waals surface area contributed by atoms with Gasteiger partial charge in [-0.05, 0) is 31.4 Å². The smallest absolute Gasteiger partial charge is 0.315 e. The summed E-state index contributed by atoms with van der Waals surface area (Å²) in [6.45, 7) is 6.85. The number of carbonyl (C=O) groups is 1. The van der Waals surface area contributed by atoms with E-state index in [0.717, 1.165) is 29.0 Å².